The minimum atomic E-state index is -2.54. The van der Waals surface area contributed by atoms with Crippen molar-refractivity contribution in [2.75, 3.05) is 9.47 Å². The predicted octanol–water partition coefficient (Wildman–Crippen LogP) is 25.0. The molecule has 0 unspecified atom stereocenters. The molecule has 472 valence electrons. The zero-order valence-corrected chi connectivity index (χ0v) is 57.9. The van der Waals surface area contributed by atoms with Crippen LogP contribution in [0.4, 0.5) is 28.4 Å². The fourth-order valence-electron chi connectivity index (χ4n) is 17.0. The van der Waals surface area contributed by atoms with Crippen molar-refractivity contribution in [3.05, 3.63) is 279 Å². The van der Waals surface area contributed by atoms with Crippen LogP contribution in [0.3, 0.4) is 0 Å². The molecule has 0 saturated carbocycles. The summed E-state index contributed by atoms with van der Waals surface area (Å²) < 4.78 is 20.6. The molecule has 0 fully saturated rings. The second kappa shape index (κ2) is 23.7. The summed E-state index contributed by atoms with van der Waals surface area (Å²) >= 11 is 0. The monoisotopic (exact) mass is 1280 g/mol. The van der Waals surface area contributed by atoms with Crippen molar-refractivity contribution in [1.29, 1.82) is 0 Å². The fraction of sp³-hybridized carbons (Fsp3) is 0.136. The maximum atomic E-state index is 6.37. The third kappa shape index (κ3) is 9.55. The van der Waals surface area contributed by atoms with Crippen LogP contribution in [0.15, 0.2) is 288 Å². The number of anilines is 5. The van der Waals surface area contributed by atoms with E-state index in [9.17, 15) is 0 Å². The summed E-state index contributed by atoms with van der Waals surface area (Å²) in [5.74, 6) is 1.77. The van der Waals surface area contributed by atoms with Gasteiger partial charge in [0.1, 0.15) is 5.58 Å². The molecule has 0 spiro atoms. The van der Waals surface area contributed by atoms with Crippen LogP contribution in [0.5, 0.6) is 0 Å². The molecule has 0 atom stereocenters. The standard InChI is InChI=1S/C88H78N4O2Si2/c1-7-95(8-2,9-3)74-43-39-69(40-44-74)89(70-37-35-59-51-65(33-31-61(59)53-70)85-55-63-23-19-21-29-83(63)93-85)71-41-45-77-81(57-71)90(67-25-15-13-16-26-67)79-49-47-76-75(87(77)79)48-50-80-88(76)78-46-42-73(58-82(78)91(80)68-27-17-14-18-28-68)92(96(10-4,11-5)12-6)72-38-36-60-52-66(34-32-62(60)54-72)86-56-64-24-20-22-30-84(64)94-86/h13-58,95-96H,7-12H2,1-6H3/q-2. The van der Waals surface area contributed by atoms with Gasteiger partial charge in [-0.05, 0) is 12.1 Å². The van der Waals surface area contributed by atoms with Crippen LogP contribution < -0.4 is 14.7 Å². The van der Waals surface area contributed by atoms with E-state index in [1.165, 1.54) is 94.5 Å². The van der Waals surface area contributed by atoms with Gasteiger partial charge in [-0.1, -0.05) is 24.3 Å². The summed E-state index contributed by atoms with van der Waals surface area (Å²) in [6.07, 6.45) is 0. The maximum absolute atomic E-state index is 6.37. The van der Waals surface area contributed by atoms with Gasteiger partial charge in [0.05, 0.1) is 0 Å². The Balaban J connectivity index is 0.834. The number of hydrogen-bond acceptors (Lipinski definition) is 4. The molecule has 13 aromatic carbocycles. The topological polar surface area (TPSA) is 42.6 Å². The number of aromatic nitrogens is 2. The molecule has 8 heteroatoms. The zero-order chi connectivity index (χ0) is 64.8. The number of para-hydroxylation sites is 4. The van der Waals surface area contributed by atoms with Gasteiger partial charge < -0.3 is 4.42 Å². The Labute approximate surface area is 562 Å². The van der Waals surface area contributed by atoms with Gasteiger partial charge >= 0.3 is 514 Å². The van der Waals surface area contributed by atoms with Gasteiger partial charge in [-0.15, -0.1) is 0 Å². The second-order valence-electron chi connectivity index (χ2n) is 27.2. The number of benzene rings is 13. The Morgan fingerprint density at radius 2 is 0.698 bits per heavy atom. The molecular weight excluding hydrogens is 1200 g/mol. The fourth-order valence-corrected chi connectivity index (χ4v) is 25.5. The van der Waals surface area contributed by atoms with Crippen LogP contribution in [0, 0.1) is 0 Å². The summed E-state index contributed by atoms with van der Waals surface area (Å²) in [5, 5.41) is 16.0. The Kier molecular flexibility index (Phi) is 14.6. The molecule has 0 amide bonds. The van der Waals surface area contributed by atoms with E-state index in [0.29, 0.717) is 0 Å². The average molecular weight is 1280 g/mol. The van der Waals surface area contributed by atoms with Gasteiger partial charge in [0.15, 0.2) is 0 Å². The first-order valence-corrected chi connectivity index (χ1v) is 41.0. The van der Waals surface area contributed by atoms with Gasteiger partial charge in [-0.2, -0.15) is 0 Å². The van der Waals surface area contributed by atoms with Gasteiger partial charge in [0.25, 0.3) is 0 Å². The van der Waals surface area contributed by atoms with Gasteiger partial charge in [-0.3, -0.25) is 0 Å². The minimum absolute atomic E-state index is 0.877. The average Bonchev–Trinajstić information content (AvgIpc) is 1.54. The van der Waals surface area contributed by atoms with Crippen LogP contribution in [0.1, 0.15) is 41.5 Å². The van der Waals surface area contributed by atoms with E-state index in [4.69, 9.17) is 8.83 Å². The molecule has 0 aliphatic heterocycles. The molecular formula is C88H78N4O2Si2-2. The molecule has 4 aromatic heterocycles. The number of nitrogens with zero attached hydrogens (tertiary/aromatic N) is 4. The van der Waals surface area contributed by atoms with E-state index in [1.807, 2.05) is 24.3 Å². The first kappa shape index (κ1) is 59.1. The molecule has 0 N–H and O–H groups in total. The first-order chi connectivity index (χ1) is 47.2. The van der Waals surface area contributed by atoms with Crippen molar-refractivity contribution >= 4 is 148 Å². The Morgan fingerprint density at radius 3 is 1.20 bits per heavy atom. The van der Waals surface area contributed by atoms with E-state index < -0.39 is 16.3 Å². The van der Waals surface area contributed by atoms with E-state index in [1.54, 1.807) is 5.19 Å². The Morgan fingerprint density at radius 1 is 0.302 bits per heavy atom. The second-order valence-corrected chi connectivity index (χ2v) is 39.1. The van der Waals surface area contributed by atoms with Crippen LogP contribution in [-0.4, -0.2) is 25.4 Å². The molecule has 17 aromatic rings. The number of furan rings is 2. The third-order valence-electron chi connectivity index (χ3n) is 22.8. The van der Waals surface area contributed by atoms with E-state index >= 15 is 0 Å². The Hall–Kier alpha value is -10.6. The van der Waals surface area contributed by atoms with Gasteiger partial charge in [-0.25, -0.2) is 0 Å². The molecule has 0 aliphatic carbocycles. The summed E-state index contributed by atoms with van der Waals surface area (Å²) in [5.41, 5.74) is 16.8. The third-order valence-corrected chi connectivity index (χ3v) is 35.6. The molecule has 0 radical (unpaired) electrons. The summed E-state index contributed by atoms with van der Waals surface area (Å²) in [4.78, 5) is 2.47. The summed E-state index contributed by atoms with van der Waals surface area (Å²) in [6.45, 7) is 14.5. The van der Waals surface area contributed by atoms with Crippen LogP contribution >= 0.6 is 0 Å². The Bertz CT molecular complexity index is 5750. The quantitative estimate of drug-likeness (QED) is 0.0852. The molecule has 17 rings (SSSR count). The molecule has 0 bridgehead atoms. The molecule has 4 heterocycles. The van der Waals surface area contributed by atoms with Crippen molar-refractivity contribution in [3.8, 4) is 34.0 Å². The van der Waals surface area contributed by atoms with E-state index in [-0.39, 0.29) is 0 Å². The number of fused-ring (bicyclic) bond motifs is 13. The van der Waals surface area contributed by atoms with Crippen LogP contribution in [0.2, 0.25) is 36.3 Å². The van der Waals surface area contributed by atoms with Crippen LogP contribution in [0.25, 0.3) is 132 Å². The number of rotatable bonds is 17. The SMILES string of the molecule is CC[SiH-](CC)(CC)c1ccc(N(c2ccc3cc(-c4cc5ccccc5o4)ccc3c2)c2ccc3c4c5ccc6c(c5ccc4n(-c4ccccc4)c3c2)c2ccc(N(c3ccc4cc(-c5cc7ccccc7o5)ccc4c3)[SiH-](CC)(CC)CC)cc2n6-c2ccccc2)cc1. The van der Waals surface area contributed by atoms with Crippen molar-refractivity contribution in [3.63, 3.8) is 0 Å². The predicted molar refractivity (Wildman–Crippen MR) is 418 cm³/mol. The molecule has 6 nitrogen and oxygen atoms in total. The summed E-state index contributed by atoms with van der Waals surface area (Å²) in [6, 6.07) is 112. The van der Waals surface area contributed by atoms with E-state index in [2.05, 4.69) is 315 Å². The number of hydrogen-bond donors (Lipinski definition) is 0. The molecule has 0 aliphatic rings. The van der Waals surface area contributed by atoms with Crippen LogP contribution in [-0.2, 0) is 0 Å². The van der Waals surface area contributed by atoms with Crippen molar-refractivity contribution in [2.24, 2.45) is 0 Å². The molecule has 0 saturated heterocycles. The van der Waals surface area contributed by atoms with Crippen molar-refractivity contribution < 1.29 is 8.83 Å². The normalized spacial score (nSPS) is 12.6. The zero-order valence-electron chi connectivity index (χ0n) is 55.6. The van der Waals surface area contributed by atoms with Gasteiger partial charge in [0.2, 0.25) is 0 Å². The summed E-state index contributed by atoms with van der Waals surface area (Å²) in [7, 11) is -4.54. The van der Waals surface area contributed by atoms with Crippen molar-refractivity contribution in [1.82, 2.24) is 9.13 Å². The van der Waals surface area contributed by atoms with Gasteiger partial charge in [0, 0.05) is 5.39 Å². The van der Waals surface area contributed by atoms with Crippen molar-refractivity contribution in [2.45, 2.75) is 77.8 Å². The van der Waals surface area contributed by atoms with E-state index in [0.717, 1.165) is 102 Å². The molecule has 96 heavy (non-hydrogen) atoms. The first-order valence-electron chi connectivity index (χ1n) is 35.0.